The van der Waals surface area contributed by atoms with Crippen LogP contribution in [0.25, 0.3) is 0 Å². The van der Waals surface area contributed by atoms with Gasteiger partial charge >= 0.3 is 5.97 Å². The van der Waals surface area contributed by atoms with Crippen LogP contribution in [0.3, 0.4) is 0 Å². The monoisotopic (exact) mass is 359 g/mol. The molecule has 128 valence electrons. The van der Waals surface area contributed by atoms with E-state index in [1.807, 2.05) is 0 Å². The summed E-state index contributed by atoms with van der Waals surface area (Å²) in [4.78, 5) is 12.0. The van der Waals surface area contributed by atoms with E-state index >= 15 is 0 Å². The van der Waals surface area contributed by atoms with Gasteiger partial charge in [0.25, 0.3) is 0 Å². The maximum absolute atomic E-state index is 12.8. The number of hydrogen-bond acceptors (Lipinski definition) is 4. The van der Waals surface area contributed by atoms with Crippen molar-refractivity contribution in [2.24, 2.45) is 0 Å². The summed E-state index contributed by atoms with van der Waals surface area (Å²) in [6.07, 6.45) is 3.46. The smallest absolute Gasteiger partial charge is 0.338 e. The third-order valence-corrected chi connectivity index (χ3v) is 6.07. The topological polar surface area (TPSA) is 63.7 Å². The van der Waals surface area contributed by atoms with Gasteiger partial charge in [-0.2, -0.15) is 4.31 Å². The maximum Gasteiger partial charge on any atom is 0.338 e. The molecule has 0 unspecified atom stereocenters. The normalized spacial score (nSPS) is 17.0. The molecule has 0 bridgehead atoms. The average molecular weight is 360 g/mol. The molecule has 2 rings (SSSR count). The van der Waals surface area contributed by atoms with Crippen LogP contribution in [0.15, 0.2) is 23.1 Å². The molecule has 0 N–H and O–H groups in total. The van der Waals surface area contributed by atoms with E-state index in [1.165, 1.54) is 22.5 Å². The van der Waals surface area contributed by atoms with Crippen LogP contribution in [-0.4, -0.2) is 37.9 Å². The van der Waals surface area contributed by atoms with E-state index in [4.69, 9.17) is 16.3 Å². The molecular formula is C16H22ClNO4S. The van der Waals surface area contributed by atoms with Gasteiger partial charge in [0.15, 0.2) is 0 Å². The minimum Gasteiger partial charge on any atom is -0.459 e. The van der Waals surface area contributed by atoms with Gasteiger partial charge in [-0.1, -0.05) is 24.4 Å². The first-order valence-corrected chi connectivity index (χ1v) is 9.65. The summed E-state index contributed by atoms with van der Waals surface area (Å²) < 4.78 is 32.3. The minimum absolute atomic E-state index is 0.0285. The molecule has 7 heteroatoms. The van der Waals surface area contributed by atoms with E-state index in [0.29, 0.717) is 13.1 Å². The summed E-state index contributed by atoms with van der Waals surface area (Å²) >= 11 is 6.09. The standard InChI is InChI=1S/C16H22ClNO4S/c1-12(2)22-16(19)13-7-8-14(17)15(11-13)23(20,21)18-9-5-3-4-6-10-18/h7-8,11-12H,3-6,9-10H2,1-2H3. The molecule has 5 nitrogen and oxygen atoms in total. The number of carbonyl (C=O) groups is 1. The van der Waals surface area contributed by atoms with Gasteiger partial charge < -0.3 is 4.74 Å². The van der Waals surface area contributed by atoms with E-state index in [-0.39, 0.29) is 21.6 Å². The van der Waals surface area contributed by atoms with Crippen molar-refractivity contribution in [1.29, 1.82) is 0 Å². The second kappa shape index (κ2) is 7.64. The number of nitrogens with zero attached hydrogens (tertiary/aromatic N) is 1. The van der Waals surface area contributed by atoms with E-state index < -0.39 is 16.0 Å². The molecule has 0 radical (unpaired) electrons. The highest BCUT2D eigenvalue weighted by molar-refractivity contribution is 7.89. The number of ether oxygens (including phenoxy) is 1. The fourth-order valence-corrected chi connectivity index (χ4v) is 4.55. The first-order chi connectivity index (χ1) is 10.8. The Hall–Kier alpha value is -1.11. The predicted molar refractivity (Wildman–Crippen MR) is 89.2 cm³/mol. The van der Waals surface area contributed by atoms with E-state index in [1.54, 1.807) is 13.8 Å². The maximum atomic E-state index is 12.8. The van der Waals surface area contributed by atoms with Crippen molar-refractivity contribution in [1.82, 2.24) is 4.31 Å². The van der Waals surface area contributed by atoms with Crippen molar-refractivity contribution in [2.75, 3.05) is 13.1 Å². The number of hydrogen-bond donors (Lipinski definition) is 0. The van der Waals surface area contributed by atoms with Crippen LogP contribution >= 0.6 is 11.6 Å². The zero-order valence-corrected chi connectivity index (χ0v) is 15.0. The Morgan fingerprint density at radius 3 is 2.35 bits per heavy atom. The Morgan fingerprint density at radius 2 is 1.78 bits per heavy atom. The van der Waals surface area contributed by atoms with Gasteiger partial charge in [0.05, 0.1) is 16.7 Å². The summed E-state index contributed by atoms with van der Waals surface area (Å²) in [6.45, 7) is 4.45. The zero-order chi connectivity index (χ0) is 17.0. The Kier molecular flexibility index (Phi) is 6.06. The molecule has 0 amide bonds. The van der Waals surface area contributed by atoms with E-state index in [2.05, 4.69) is 0 Å². The second-order valence-electron chi connectivity index (χ2n) is 5.92. The van der Waals surface area contributed by atoms with Gasteiger partial charge in [-0.3, -0.25) is 0 Å². The number of carbonyl (C=O) groups excluding carboxylic acids is 1. The lowest BCUT2D eigenvalue weighted by atomic mass is 10.2. The van der Waals surface area contributed by atoms with Crippen LogP contribution in [0.5, 0.6) is 0 Å². The zero-order valence-electron chi connectivity index (χ0n) is 13.4. The lowest BCUT2D eigenvalue weighted by molar-refractivity contribution is 0.0377. The summed E-state index contributed by atoms with van der Waals surface area (Å²) in [5.41, 5.74) is 0.191. The average Bonchev–Trinajstić information content (AvgIpc) is 2.76. The largest absolute Gasteiger partial charge is 0.459 e. The number of benzene rings is 1. The molecule has 23 heavy (non-hydrogen) atoms. The van der Waals surface area contributed by atoms with Crippen LogP contribution in [0.2, 0.25) is 5.02 Å². The molecule has 0 aromatic heterocycles. The molecule has 0 spiro atoms. The van der Waals surface area contributed by atoms with Gasteiger partial charge in [-0.15, -0.1) is 0 Å². The van der Waals surface area contributed by atoms with Gasteiger partial charge in [-0.25, -0.2) is 13.2 Å². The highest BCUT2D eigenvalue weighted by atomic mass is 35.5. The Balaban J connectivity index is 2.35. The minimum atomic E-state index is -3.71. The van der Waals surface area contributed by atoms with Crippen LogP contribution in [-0.2, 0) is 14.8 Å². The molecule has 1 aromatic carbocycles. The molecule has 0 atom stereocenters. The summed E-state index contributed by atoms with van der Waals surface area (Å²) in [6, 6.07) is 4.23. The van der Waals surface area contributed by atoms with Crippen molar-refractivity contribution in [3.05, 3.63) is 28.8 Å². The molecule has 1 heterocycles. The number of rotatable bonds is 4. The van der Waals surface area contributed by atoms with E-state index in [9.17, 15) is 13.2 Å². The van der Waals surface area contributed by atoms with Crippen LogP contribution in [0.1, 0.15) is 49.9 Å². The molecular weight excluding hydrogens is 338 g/mol. The number of sulfonamides is 1. The lowest BCUT2D eigenvalue weighted by Crippen LogP contribution is -2.32. The van der Waals surface area contributed by atoms with Crippen LogP contribution in [0.4, 0.5) is 0 Å². The Morgan fingerprint density at radius 1 is 1.17 bits per heavy atom. The fourth-order valence-electron chi connectivity index (χ4n) is 2.53. The Bertz CT molecular complexity index is 665. The number of halogens is 1. The van der Waals surface area contributed by atoms with E-state index in [0.717, 1.165) is 25.7 Å². The third-order valence-electron chi connectivity index (χ3n) is 3.69. The van der Waals surface area contributed by atoms with Crippen molar-refractivity contribution < 1.29 is 17.9 Å². The van der Waals surface area contributed by atoms with Crippen LogP contribution < -0.4 is 0 Å². The molecule has 1 aliphatic heterocycles. The highest BCUT2D eigenvalue weighted by Crippen LogP contribution is 2.28. The lowest BCUT2D eigenvalue weighted by Gasteiger charge is -2.21. The highest BCUT2D eigenvalue weighted by Gasteiger charge is 2.28. The molecule has 1 fully saturated rings. The second-order valence-corrected chi connectivity index (χ2v) is 8.23. The molecule has 0 saturated carbocycles. The quantitative estimate of drug-likeness (QED) is 0.772. The summed E-state index contributed by atoms with van der Waals surface area (Å²) in [7, 11) is -3.71. The molecule has 1 aromatic rings. The van der Waals surface area contributed by atoms with Gasteiger partial charge in [-0.05, 0) is 44.9 Å². The Labute approximate surface area is 142 Å². The fraction of sp³-hybridized carbons (Fsp3) is 0.562. The first kappa shape index (κ1) is 18.2. The first-order valence-electron chi connectivity index (χ1n) is 7.83. The van der Waals surface area contributed by atoms with Crippen molar-refractivity contribution in [3.8, 4) is 0 Å². The van der Waals surface area contributed by atoms with Gasteiger partial charge in [0.2, 0.25) is 10.0 Å². The summed E-state index contributed by atoms with van der Waals surface area (Å²) in [5.74, 6) is -0.552. The van der Waals surface area contributed by atoms with Crippen molar-refractivity contribution in [3.63, 3.8) is 0 Å². The van der Waals surface area contributed by atoms with Gasteiger partial charge in [0.1, 0.15) is 4.90 Å². The summed E-state index contributed by atoms with van der Waals surface area (Å²) in [5, 5.41) is 0.121. The van der Waals surface area contributed by atoms with Crippen molar-refractivity contribution in [2.45, 2.75) is 50.5 Å². The molecule has 1 saturated heterocycles. The third kappa shape index (κ3) is 4.46. The predicted octanol–water partition coefficient (Wildman–Crippen LogP) is 3.47. The molecule has 0 aliphatic carbocycles. The van der Waals surface area contributed by atoms with Crippen molar-refractivity contribution >= 4 is 27.6 Å². The number of esters is 1. The van der Waals surface area contributed by atoms with Gasteiger partial charge in [0, 0.05) is 13.1 Å². The van der Waals surface area contributed by atoms with Crippen LogP contribution in [0, 0.1) is 0 Å². The molecule has 1 aliphatic rings. The SMILES string of the molecule is CC(C)OC(=O)c1ccc(Cl)c(S(=O)(=O)N2CCCCCC2)c1.